The highest BCUT2D eigenvalue weighted by Crippen LogP contribution is 2.37. The Bertz CT molecular complexity index is 655. The Balaban J connectivity index is 0.00000261. The summed E-state index contributed by atoms with van der Waals surface area (Å²) in [5, 5.41) is 0. The van der Waals surface area contributed by atoms with Gasteiger partial charge in [-0.25, -0.2) is 0 Å². The molecule has 1 unspecified atom stereocenters. The van der Waals surface area contributed by atoms with Gasteiger partial charge < -0.3 is 0 Å². The summed E-state index contributed by atoms with van der Waals surface area (Å²) in [6, 6.07) is 33.0. The van der Waals surface area contributed by atoms with Crippen molar-refractivity contribution in [1.29, 1.82) is 0 Å². The summed E-state index contributed by atoms with van der Waals surface area (Å²) in [7, 11) is 2.91. The molecule has 0 radical (unpaired) electrons. The lowest BCUT2D eigenvalue weighted by Gasteiger charge is -2.35. The van der Waals surface area contributed by atoms with Crippen LogP contribution in [0.2, 0.25) is 0 Å². The van der Waals surface area contributed by atoms with E-state index < -0.39 is 0 Å². The van der Waals surface area contributed by atoms with Gasteiger partial charge in [0.1, 0.15) is 0 Å². The average Bonchev–Trinajstić information content (AvgIpc) is 2.69. The number of rotatable bonds is 9. The zero-order valence-electron chi connectivity index (χ0n) is 15.9. The highest BCUT2D eigenvalue weighted by Gasteiger charge is 2.30. The quantitative estimate of drug-likeness (QED) is 0.316. The molecule has 0 fully saturated rings. The summed E-state index contributed by atoms with van der Waals surface area (Å²) >= 11 is 0. The summed E-state index contributed by atoms with van der Waals surface area (Å²) in [5.74, 6) is 0. The van der Waals surface area contributed by atoms with Crippen molar-refractivity contribution >= 4 is 26.2 Å². The highest BCUT2D eigenvalue weighted by atomic mass is 79.9. The summed E-state index contributed by atoms with van der Waals surface area (Å²) in [5.41, 5.74) is 4.59. The minimum absolute atomic E-state index is 0. The molecule has 0 aliphatic carbocycles. The third kappa shape index (κ3) is 6.91. The van der Waals surface area contributed by atoms with Gasteiger partial charge in [0.2, 0.25) is 0 Å². The first-order chi connectivity index (χ1) is 12.8. The second-order valence-electron chi connectivity index (χ2n) is 7.38. The molecule has 0 saturated carbocycles. The molecule has 0 aliphatic rings. The van der Waals surface area contributed by atoms with Crippen molar-refractivity contribution in [2.75, 3.05) is 6.16 Å². The van der Waals surface area contributed by atoms with Crippen LogP contribution in [0.3, 0.4) is 0 Å². The summed E-state index contributed by atoms with van der Waals surface area (Å²) in [6.07, 6.45) is 7.04. The van der Waals surface area contributed by atoms with Crippen LogP contribution in [0, 0.1) is 5.41 Å². The second kappa shape index (κ2) is 11.4. The highest BCUT2D eigenvalue weighted by molar-refractivity contribution is 8.93. The largest absolute Gasteiger partial charge is 0.138 e. The topological polar surface area (TPSA) is 0 Å². The van der Waals surface area contributed by atoms with Gasteiger partial charge in [0.15, 0.2) is 0 Å². The average molecular weight is 441 g/mol. The third-order valence-electron chi connectivity index (χ3n) is 5.18. The van der Waals surface area contributed by atoms with Crippen molar-refractivity contribution < 1.29 is 0 Å². The Morgan fingerprint density at radius 1 is 0.556 bits per heavy atom. The van der Waals surface area contributed by atoms with Crippen LogP contribution in [0.15, 0.2) is 91.0 Å². The van der Waals surface area contributed by atoms with Crippen LogP contribution in [0.4, 0.5) is 0 Å². The standard InChI is InChI=1S/C25H29P.BrH/c26-18-10-17-25(19-22-11-4-1-5-12-22,20-23-13-6-2-7-14-23)21-24-15-8-3-9-16-24;/h1-9,11-16H,10,17-21,26H2;1H. The second-order valence-corrected chi connectivity index (χ2v) is 7.96. The third-order valence-corrected chi connectivity index (χ3v) is 5.59. The van der Waals surface area contributed by atoms with Crippen LogP contribution < -0.4 is 0 Å². The lowest BCUT2D eigenvalue weighted by molar-refractivity contribution is 0.252. The lowest BCUT2D eigenvalue weighted by atomic mass is 9.69. The van der Waals surface area contributed by atoms with Gasteiger partial charge in [-0.15, -0.1) is 26.2 Å². The van der Waals surface area contributed by atoms with Gasteiger partial charge in [-0.05, 0) is 60.4 Å². The zero-order valence-corrected chi connectivity index (χ0v) is 18.8. The van der Waals surface area contributed by atoms with Gasteiger partial charge in [-0.2, -0.15) is 0 Å². The molecule has 0 heterocycles. The molecular weight excluding hydrogens is 411 g/mol. The molecule has 3 rings (SSSR count). The summed E-state index contributed by atoms with van der Waals surface area (Å²) < 4.78 is 0. The Kier molecular flexibility index (Phi) is 9.25. The van der Waals surface area contributed by atoms with Crippen molar-refractivity contribution in [3.05, 3.63) is 108 Å². The minimum atomic E-state index is 0. The summed E-state index contributed by atoms with van der Waals surface area (Å²) in [4.78, 5) is 0. The molecule has 1 atom stereocenters. The zero-order chi connectivity index (χ0) is 18.1. The summed E-state index contributed by atoms with van der Waals surface area (Å²) in [6.45, 7) is 0. The van der Waals surface area contributed by atoms with Crippen LogP contribution in [0.1, 0.15) is 29.5 Å². The Morgan fingerprint density at radius 3 is 1.19 bits per heavy atom. The molecule has 142 valence electrons. The van der Waals surface area contributed by atoms with Gasteiger partial charge in [-0.1, -0.05) is 91.0 Å². The van der Waals surface area contributed by atoms with E-state index in [1.165, 1.54) is 35.7 Å². The number of halogens is 1. The monoisotopic (exact) mass is 440 g/mol. The molecular formula is C25H30BrP. The van der Waals surface area contributed by atoms with E-state index in [2.05, 4.69) is 100 Å². The molecule has 3 aromatic carbocycles. The van der Waals surface area contributed by atoms with Gasteiger partial charge in [0, 0.05) is 0 Å². The van der Waals surface area contributed by atoms with Gasteiger partial charge >= 0.3 is 0 Å². The van der Waals surface area contributed by atoms with E-state index in [0.717, 1.165) is 19.3 Å². The van der Waals surface area contributed by atoms with E-state index >= 15 is 0 Å². The van der Waals surface area contributed by atoms with Crippen molar-refractivity contribution in [2.24, 2.45) is 5.41 Å². The van der Waals surface area contributed by atoms with Crippen LogP contribution >= 0.6 is 26.2 Å². The van der Waals surface area contributed by atoms with Crippen molar-refractivity contribution in [3.63, 3.8) is 0 Å². The SMILES string of the molecule is Br.PCCCC(Cc1ccccc1)(Cc1ccccc1)Cc1ccccc1. The Hall–Kier alpha value is -1.43. The van der Waals surface area contributed by atoms with E-state index in [4.69, 9.17) is 0 Å². The van der Waals surface area contributed by atoms with Crippen molar-refractivity contribution in [2.45, 2.75) is 32.1 Å². The number of hydrogen-bond acceptors (Lipinski definition) is 0. The van der Waals surface area contributed by atoms with Gasteiger partial charge in [0.05, 0.1) is 0 Å². The molecule has 2 heteroatoms. The fourth-order valence-corrected chi connectivity index (χ4v) is 4.22. The van der Waals surface area contributed by atoms with Crippen LogP contribution in [0.5, 0.6) is 0 Å². The molecule has 0 nitrogen and oxygen atoms in total. The Morgan fingerprint density at radius 2 is 0.889 bits per heavy atom. The van der Waals surface area contributed by atoms with E-state index in [1.807, 2.05) is 0 Å². The Labute approximate surface area is 177 Å². The molecule has 3 aromatic rings. The first-order valence-electron chi connectivity index (χ1n) is 9.62. The van der Waals surface area contributed by atoms with Crippen LogP contribution in [0.25, 0.3) is 0 Å². The van der Waals surface area contributed by atoms with E-state index in [1.54, 1.807) is 0 Å². The van der Waals surface area contributed by atoms with E-state index in [-0.39, 0.29) is 22.4 Å². The molecule has 0 amide bonds. The maximum absolute atomic E-state index is 2.91. The molecule has 0 N–H and O–H groups in total. The molecule has 0 bridgehead atoms. The van der Waals surface area contributed by atoms with Gasteiger partial charge in [0.25, 0.3) is 0 Å². The maximum Gasteiger partial charge on any atom is -0.0176 e. The van der Waals surface area contributed by atoms with Crippen molar-refractivity contribution in [1.82, 2.24) is 0 Å². The lowest BCUT2D eigenvalue weighted by Crippen LogP contribution is -2.30. The fraction of sp³-hybridized carbons (Fsp3) is 0.280. The molecule has 0 aliphatic heterocycles. The molecule has 0 aromatic heterocycles. The first-order valence-corrected chi connectivity index (χ1v) is 10.4. The van der Waals surface area contributed by atoms with Gasteiger partial charge in [-0.3, -0.25) is 0 Å². The molecule has 0 saturated heterocycles. The fourth-order valence-electron chi connectivity index (χ4n) is 4.02. The van der Waals surface area contributed by atoms with E-state index in [0.29, 0.717) is 0 Å². The first kappa shape index (κ1) is 21.9. The molecule has 27 heavy (non-hydrogen) atoms. The number of benzene rings is 3. The normalized spacial score (nSPS) is 11.0. The predicted molar refractivity (Wildman–Crippen MR) is 127 cm³/mol. The van der Waals surface area contributed by atoms with E-state index in [9.17, 15) is 0 Å². The predicted octanol–water partition coefficient (Wildman–Crippen LogP) is 6.93. The van der Waals surface area contributed by atoms with Crippen LogP contribution in [-0.4, -0.2) is 6.16 Å². The smallest absolute Gasteiger partial charge is 0.0176 e. The molecule has 0 spiro atoms. The minimum Gasteiger partial charge on any atom is -0.138 e. The maximum atomic E-state index is 2.91. The van der Waals surface area contributed by atoms with Crippen molar-refractivity contribution in [3.8, 4) is 0 Å². The van der Waals surface area contributed by atoms with Crippen LogP contribution in [-0.2, 0) is 19.3 Å². The number of hydrogen-bond donors (Lipinski definition) is 0.